The smallest absolute Gasteiger partial charge is 0.0223 e. The molecule has 1 aliphatic heterocycles. The molecule has 1 heterocycles. The Hall–Kier alpha value is -0.0800. The van der Waals surface area contributed by atoms with Crippen molar-refractivity contribution in [2.75, 3.05) is 19.6 Å². The standard InChI is InChI=1S/C14H28N2/c1-4-14(11(2)3)16-9-5-8-15-13(10-16)12-6-7-12/h11-15H,4-10H2,1-3H3. The number of nitrogens with zero attached hydrogens (tertiary/aromatic N) is 1. The van der Waals surface area contributed by atoms with Crippen LogP contribution < -0.4 is 5.32 Å². The predicted molar refractivity (Wildman–Crippen MR) is 69.6 cm³/mol. The van der Waals surface area contributed by atoms with Crippen molar-refractivity contribution in [3.63, 3.8) is 0 Å². The monoisotopic (exact) mass is 224 g/mol. The van der Waals surface area contributed by atoms with Gasteiger partial charge >= 0.3 is 0 Å². The summed E-state index contributed by atoms with van der Waals surface area (Å²) in [6.07, 6.45) is 5.55. The van der Waals surface area contributed by atoms with Crippen molar-refractivity contribution < 1.29 is 0 Å². The zero-order chi connectivity index (χ0) is 11.5. The van der Waals surface area contributed by atoms with Gasteiger partial charge in [0.15, 0.2) is 0 Å². The second-order valence-corrected chi connectivity index (χ2v) is 5.97. The number of nitrogens with one attached hydrogen (secondary N) is 1. The Labute approximate surface area is 101 Å². The second-order valence-electron chi connectivity index (χ2n) is 5.97. The minimum atomic E-state index is 0.787. The van der Waals surface area contributed by atoms with Crippen molar-refractivity contribution in [3.8, 4) is 0 Å². The Morgan fingerprint density at radius 1 is 1.31 bits per heavy atom. The Morgan fingerprint density at radius 3 is 2.62 bits per heavy atom. The van der Waals surface area contributed by atoms with E-state index in [1.165, 1.54) is 45.3 Å². The predicted octanol–water partition coefficient (Wildman–Crippen LogP) is 2.49. The summed E-state index contributed by atoms with van der Waals surface area (Å²) in [5, 5.41) is 3.75. The summed E-state index contributed by atoms with van der Waals surface area (Å²) in [5.41, 5.74) is 0. The van der Waals surface area contributed by atoms with Crippen LogP contribution >= 0.6 is 0 Å². The van der Waals surface area contributed by atoms with E-state index in [0.717, 1.165) is 23.9 Å². The lowest BCUT2D eigenvalue weighted by molar-refractivity contribution is 0.144. The summed E-state index contributed by atoms with van der Waals surface area (Å²) < 4.78 is 0. The normalized spacial score (nSPS) is 30.4. The summed E-state index contributed by atoms with van der Waals surface area (Å²) in [5.74, 6) is 1.79. The van der Waals surface area contributed by atoms with Gasteiger partial charge in [0.25, 0.3) is 0 Å². The van der Waals surface area contributed by atoms with Gasteiger partial charge < -0.3 is 5.32 Å². The van der Waals surface area contributed by atoms with Crippen LogP contribution in [-0.4, -0.2) is 36.6 Å². The van der Waals surface area contributed by atoms with Crippen LogP contribution in [0.25, 0.3) is 0 Å². The molecular weight excluding hydrogens is 196 g/mol. The van der Waals surface area contributed by atoms with Crippen molar-refractivity contribution in [1.82, 2.24) is 10.2 Å². The molecule has 94 valence electrons. The number of hydrogen-bond acceptors (Lipinski definition) is 2. The topological polar surface area (TPSA) is 15.3 Å². The van der Waals surface area contributed by atoms with Crippen molar-refractivity contribution in [3.05, 3.63) is 0 Å². The fraction of sp³-hybridized carbons (Fsp3) is 1.00. The second kappa shape index (κ2) is 5.50. The third-order valence-electron chi connectivity index (χ3n) is 4.31. The van der Waals surface area contributed by atoms with Gasteiger partial charge in [-0.1, -0.05) is 20.8 Å². The quantitative estimate of drug-likeness (QED) is 0.789. The highest BCUT2D eigenvalue weighted by atomic mass is 15.2. The highest BCUT2D eigenvalue weighted by Gasteiger charge is 2.34. The molecule has 2 nitrogen and oxygen atoms in total. The molecule has 0 amide bonds. The van der Waals surface area contributed by atoms with Crippen molar-refractivity contribution >= 4 is 0 Å². The zero-order valence-corrected chi connectivity index (χ0v) is 11.2. The summed E-state index contributed by atoms with van der Waals surface area (Å²) in [6.45, 7) is 10.9. The summed E-state index contributed by atoms with van der Waals surface area (Å²) in [6, 6.07) is 1.58. The average Bonchev–Trinajstić information content (AvgIpc) is 3.04. The fourth-order valence-corrected chi connectivity index (χ4v) is 3.24. The van der Waals surface area contributed by atoms with E-state index in [1.807, 2.05) is 0 Å². The van der Waals surface area contributed by atoms with Gasteiger partial charge in [0.1, 0.15) is 0 Å². The molecule has 0 aromatic heterocycles. The van der Waals surface area contributed by atoms with E-state index in [-0.39, 0.29) is 0 Å². The van der Waals surface area contributed by atoms with Gasteiger partial charge in [-0.3, -0.25) is 4.90 Å². The third-order valence-corrected chi connectivity index (χ3v) is 4.31. The van der Waals surface area contributed by atoms with Crippen LogP contribution in [0.4, 0.5) is 0 Å². The van der Waals surface area contributed by atoms with Gasteiger partial charge in [0, 0.05) is 18.6 Å². The van der Waals surface area contributed by atoms with E-state index in [1.54, 1.807) is 0 Å². The van der Waals surface area contributed by atoms with Gasteiger partial charge in [-0.15, -0.1) is 0 Å². The minimum absolute atomic E-state index is 0.787. The first-order valence-electron chi connectivity index (χ1n) is 7.19. The average molecular weight is 224 g/mol. The largest absolute Gasteiger partial charge is 0.312 e. The maximum absolute atomic E-state index is 3.75. The molecule has 2 heteroatoms. The molecule has 16 heavy (non-hydrogen) atoms. The van der Waals surface area contributed by atoms with Crippen LogP contribution in [0, 0.1) is 11.8 Å². The molecule has 0 bridgehead atoms. The number of hydrogen-bond donors (Lipinski definition) is 1. The lowest BCUT2D eigenvalue weighted by Crippen LogP contribution is -2.45. The first kappa shape index (κ1) is 12.4. The fourth-order valence-electron chi connectivity index (χ4n) is 3.24. The molecular formula is C14H28N2. The SMILES string of the molecule is CCC(C(C)C)N1CCCNC(C2CC2)C1. The van der Waals surface area contributed by atoms with Crippen LogP contribution in [0.3, 0.4) is 0 Å². The van der Waals surface area contributed by atoms with E-state index < -0.39 is 0 Å². The van der Waals surface area contributed by atoms with Gasteiger partial charge in [0.05, 0.1) is 0 Å². The molecule has 1 saturated carbocycles. The highest BCUT2D eigenvalue weighted by Crippen LogP contribution is 2.34. The van der Waals surface area contributed by atoms with Crippen LogP contribution in [0.5, 0.6) is 0 Å². The first-order chi connectivity index (χ1) is 7.72. The van der Waals surface area contributed by atoms with Gasteiger partial charge in [-0.2, -0.15) is 0 Å². The van der Waals surface area contributed by atoms with E-state index in [9.17, 15) is 0 Å². The van der Waals surface area contributed by atoms with E-state index in [4.69, 9.17) is 0 Å². The maximum Gasteiger partial charge on any atom is 0.0223 e. The van der Waals surface area contributed by atoms with Crippen LogP contribution in [0.15, 0.2) is 0 Å². The summed E-state index contributed by atoms with van der Waals surface area (Å²) in [4.78, 5) is 2.76. The van der Waals surface area contributed by atoms with E-state index >= 15 is 0 Å². The Morgan fingerprint density at radius 2 is 2.06 bits per heavy atom. The van der Waals surface area contributed by atoms with Gasteiger partial charge in [0.2, 0.25) is 0 Å². The lowest BCUT2D eigenvalue weighted by atomic mass is 9.99. The molecule has 0 radical (unpaired) electrons. The van der Waals surface area contributed by atoms with Crippen molar-refractivity contribution in [1.29, 1.82) is 0 Å². The molecule has 0 aromatic rings. The van der Waals surface area contributed by atoms with Gasteiger partial charge in [-0.05, 0) is 50.6 Å². The molecule has 1 N–H and O–H groups in total. The Balaban J connectivity index is 1.95. The molecule has 1 saturated heterocycles. The molecule has 2 rings (SSSR count). The Kier molecular flexibility index (Phi) is 4.26. The molecule has 0 aromatic carbocycles. The van der Waals surface area contributed by atoms with Crippen molar-refractivity contribution in [2.45, 2.75) is 58.5 Å². The maximum atomic E-state index is 3.75. The molecule has 1 aliphatic carbocycles. The lowest BCUT2D eigenvalue weighted by Gasteiger charge is -2.34. The summed E-state index contributed by atoms with van der Waals surface area (Å²) in [7, 11) is 0. The zero-order valence-electron chi connectivity index (χ0n) is 11.2. The Bertz CT molecular complexity index is 211. The molecule has 2 aliphatic rings. The van der Waals surface area contributed by atoms with Crippen LogP contribution in [-0.2, 0) is 0 Å². The molecule has 2 fully saturated rings. The van der Waals surface area contributed by atoms with Crippen LogP contribution in [0.1, 0.15) is 46.5 Å². The molecule has 0 spiro atoms. The molecule has 2 atom stereocenters. The minimum Gasteiger partial charge on any atom is -0.312 e. The highest BCUT2D eigenvalue weighted by molar-refractivity contribution is 4.91. The van der Waals surface area contributed by atoms with Gasteiger partial charge in [-0.25, -0.2) is 0 Å². The third kappa shape index (κ3) is 2.98. The number of rotatable bonds is 4. The molecule has 2 unspecified atom stereocenters. The van der Waals surface area contributed by atoms with Crippen molar-refractivity contribution in [2.24, 2.45) is 11.8 Å². The van der Waals surface area contributed by atoms with E-state index in [0.29, 0.717) is 0 Å². The van der Waals surface area contributed by atoms with Crippen LogP contribution in [0.2, 0.25) is 0 Å². The van der Waals surface area contributed by atoms with E-state index in [2.05, 4.69) is 31.0 Å². The first-order valence-corrected chi connectivity index (χ1v) is 7.19. The summed E-state index contributed by atoms with van der Waals surface area (Å²) >= 11 is 0.